The molecule has 114 valence electrons. The molecule has 1 atom stereocenters. The van der Waals surface area contributed by atoms with Gasteiger partial charge in [-0.05, 0) is 47.9 Å². The molecule has 0 saturated heterocycles. The van der Waals surface area contributed by atoms with E-state index in [0.29, 0.717) is 5.82 Å². The van der Waals surface area contributed by atoms with E-state index in [9.17, 15) is 0 Å². The van der Waals surface area contributed by atoms with E-state index in [1.165, 1.54) is 11.1 Å². The molecule has 0 spiro atoms. The average Bonchev–Trinajstić information content (AvgIpc) is 2.90. The molecule has 2 aromatic carbocycles. The molecule has 1 aliphatic heterocycles. The largest absolute Gasteiger partial charge is 0.496 e. The molecule has 2 aromatic rings. The minimum Gasteiger partial charge on any atom is -0.496 e. The van der Waals surface area contributed by atoms with Gasteiger partial charge in [-0.3, -0.25) is 0 Å². The number of ether oxygens (including phenoxy) is 1. The predicted octanol–water partition coefficient (Wildman–Crippen LogP) is 3.46. The van der Waals surface area contributed by atoms with E-state index in [2.05, 4.69) is 64.6 Å². The Morgan fingerprint density at radius 3 is 2.55 bits per heavy atom. The Kier molecular flexibility index (Phi) is 3.87. The van der Waals surface area contributed by atoms with E-state index in [-0.39, 0.29) is 5.41 Å². The number of methoxy groups -OCH3 is 1. The van der Waals surface area contributed by atoms with Gasteiger partial charge in [-0.25, -0.2) is 0 Å². The molecule has 1 unspecified atom stereocenters. The molecule has 4 heteroatoms. The zero-order valence-electron chi connectivity index (χ0n) is 12.7. The number of halogens is 1. The van der Waals surface area contributed by atoms with Gasteiger partial charge in [-0.15, -0.1) is 0 Å². The third-order valence-electron chi connectivity index (χ3n) is 4.22. The predicted molar refractivity (Wildman–Crippen MR) is 92.9 cm³/mol. The lowest BCUT2D eigenvalue weighted by molar-refractivity contribution is 0.411. The first-order valence-corrected chi connectivity index (χ1v) is 7.98. The van der Waals surface area contributed by atoms with Gasteiger partial charge in [0.25, 0.3) is 0 Å². The van der Waals surface area contributed by atoms with Crippen LogP contribution in [0.25, 0.3) is 0 Å². The van der Waals surface area contributed by atoms with Crippen LogP contribution in [-0.4, -0.2) is 13.7 Å². The van der Waals surface area contributed by atoms with E-state index in [1.54, 1.807) is 7.11 Å². The van der Waals surface area contributed by atoms with Crippen LogP contribution in [0.2, 0.25) is 0 Å². The van der Waals surface area contributed by atoms with Crippen molar-refractivity contribution < 1.29 is 4.74 Å². The molecule has 3 N–H and O–H groups in total. The van der Waals surface area contributed by atoms with E-state index < -0.39 is 0 Å². The zero-order valence-corrected chi connectivity index (χ0v) is 14.3. The second kappa shape index (κ2) is 5.69. The Morgan fingerprint density at radius 1 is 1.18 bits per heavy atom. The summed E-state index contributed by atoms with van der Waals surface area (Å²) >= 11 is 3.57. The van der Waals surface area contributed by atoms with Gasteiger partial charge in [0, 0.05) is 11.0 Å². The summed E-state index contributed by atoms with van der Waals surface area (Å²) in [5, 5.41) is 3.27. The normalized spacial score (nSPS) is 20.4. The summed E-state index contributed by atoms with van der Waals surface area (Å²) in [6.45, 7) is 2.81. The Hall–Kier alpha value is -1.94. The molecule has 1 aliphatic rings. The maximum atomic E-state index is 6.03. The van der Waals surface area contributed by atoms with Crippen molar-refractivity contribution in [1.82, 2.24) is 5.32 Å². The van der Waals surface area contributed by atoms with Gasteiger partial charge < -0.3 is 15.8 Å². The Bertz CT molecular complexity index is 742. The second-order valence-electron chi connectivity index (χ2n) is 5.62. The van der Waals surface area contributed by atoms with Crippen LogP contribution >= 0.6 is 15.9 Å². The quantitative estimate of drug-likeness (QED) is 0.883. The van der Waals surface area contributed by atoms with Crippen LogP contribution in [0.5, 0.6) is 5.75 Å². The summed E-state index contributed by atoms with van der Waals surface area (Å²) in [5.41, 5.74) is 9.30. The summed E-state index contributed by atoms with van der Waals surface area (Å²) in [4.78, 5) is 0. The molecule has 0 radical (unpaired) electrons. The van der Waals surface area contributed by atoms with Gasteiger partial charge in [-0.1, -0.05) is 40.2 Å². The SMILES string of the molecule is COc1ccc(C2(c3cccc(Br)c3)C=C(N)NC2)cc1C. The highest BCUT2D eigenvalue weighted by atomic mass is 79.9. The fraction of sp³-hybridized carbons (Fsp3) is 0.222. The smallest absolute Gasteiger partial charge is 0.121 e. The van der Waals surface area contributed by atoms with Crippen molar-refractivity contribution in [3.63, 3.8) is 0 Å². The van der Waals surface area contributed by atoms with Crippen molar-refractivity contribution in [1.29, 1.82) is 0 Å². The van der Waals surface area contributed by atoms with Crippen LogP contribution < -0.4 is 15.8 Å². The molecule has 0 saturated carbocycles. The summed E-state index contributed by atoms with van der Waals surface area (Å²) < 4.78 is 6.44. The lowest BCUT2D eigenvalue weighted by atomic mass is 9.75. The van der Waals surface area contributed by atoms with Crippen LogP contribution in [0.3, 0.4) is 0 Å². The number of nitrogens with two attached hydrogens (primary N) is 1. The van der Waals surface area contributed by atoms with E-state index in [0.717, 1.165) is 22.3 Å². The third-order valence-corrected chi connectivity index (χ3v) is 4.72. The number of nitrogens with one attached hydrogen (secondary N) is 1. The summed E-state index contributed by atoms with van der Waals surface area (Å²) in [7, 11) is 1.70. The number of aryl methyl sites for hydroxylation is 1. The van der Waals surface area contributed by atoms with E-state index in [4.69, 9.17) is 10.5 Å². The molecule has 22 heavy (non-hydrogen) atoms. The van der Waals surface area contributed by atoms with Crippen molar-refractivity contribution in [3.8, 4) is 5.75 Å². The number of benzene rings is 2. The Balaban J connectivity index is 2.18. The van der Waals surface area contributed by atoms with Crippen LogP contribution in [0.1, 0.15) is 16.7 Å². The first kappa shape index (κ1) is 15.0. The minimum atomic E-state index is -0.259. The van der Waals surface area contributed by atoms with Crippen molar-refractivity contribution >= 4 is 15.9 Å². The highest BCUT2D eigenvalue weighted by Gasteiger charge is 2.36. The number of hydrogen-bond donors (Lipinski definition) is 2. The highest BCUT2D eigenvalue weighted by molar-refractivity contribution is 9.10. The average molecular weight is 359 g/mol. The van der Waals surface area contributed by atoms with Gasteiger partial charge >= 0.3 is 0 Å². The van der Waals surface area contributed by atoms with Gasteiger partial charge in [-0.2, -0.15) is 0 Å². The van der Waals surface area contributed by atoms with Crippen LogP contribution in [0, 0.1) is 6.92 Å². The monoisotopic (exact) mass is 358 g/mol. The molecule has 3 nitrogen and oxygen atoms in total. The van der Waals surface area contributed by atoms with Crippen LogP contribution in [0.15, 0.2) is 58.8 Å². The molecule has 3 rings (SSSR count). The standard InChI is InChI=1S/C18H19BrN2O/c1-12-8-14(6-7-16(12)22-2)18(10-17(20)21-11-18)13-4-3-5-15(19)9-13/h3-10,21H,11,20H2,1-2H3. The summed E-state index contributed by atoms with van der Waals surface area (Å²) in [5.74, 6) is 1.62. The van der Waals surface area contributed by atoms with Crippen molar-refractivity contribution in [2.75, 3.05) is 13.7 Å². The summed E-state index contributed by atoms with van der Waals surface area (Å²) in [6, 6.07) is 14.7. The minimum absolute atomic E-state index is 0.259. The third kappa shape index (κ3) is 2.48. The maximum absolute atomic E-state index is 6.03. The fourth-order valence-corrected chi connectivity index (χ4v) is 3.47. The molecule has 1 heterocycles. The molecule has 0 bridgehead atoms. The molecular formula is C18H19BrN2O. The fourth-order valence-electron chi connectivity index (χ4n) is 3.07. The zero-order chi connectivity index (χ0) is 15.7. The van der Waals surface area contributed by atoms with Crippen LogP contribution in [0.4, 0.5) is 0 Å². The topological polar surface area (TPSA) is 47.3 Å². The lowest BCUT2D eigenvalue weighted by Crippen LogP contribution is -2.31. The van der Waals surface area contributed by atoms with Gasteiger partial charge in [0.2, 0.25) is 0 Å². The first-order chi connectivity index (χ1) is 10.5. The van der Waals surface area contributed by atoms with Crippen molar-refractivity contribution in [2.45, 2.75) is 12.3 Å². The maximum Gasteiger partial charge on any atom is 0.121 e. The molecule has 0 aliphatic carbocycles. The highest BCUT2D eigenvalue weighted by Crippen LogP contribution is 2.39. The number of rotatable bonds is 3. The van der Waals surface area contributed by atoms with Crippen molar-refractivity contribution in [2.24, 2.45) is 5.73 Å². The van der Waals surface area contributed by atoms with Crippen molar-refractivity contribution in [3.05, 3.63) is 75.5 Å². The molecule has 0 fully saturated rings. The Morgan fingerprint density at radius 2 is 1.95 bits per heavy atom. The number of hydrogen-bond acceptors (Lipinski definition) is 3. The summed E-state index contributed by atoms with van der Waals surface area (Å²) in [6.07, 6.45) is 2.11. The first-order valence-electron chi connectivity index (χ1n) is 7.18. The molecular weight excluding hydrogens is 340 g/mol. The molecule has 0 amide bonds. The lowest BCUT2D eigenvalue weighted by Gasteiger charge is -2.29. The van der Waals surface area contributed by atoms with E-state index >= 15 is 0 Å². The second-order valence-corrected chi connectivity index (χ2v) is 6.54. The van der Waals surface area contributed by atoms with Gasteiger partial charge in [0.15, 0.2) is 0 Å². The van der Waals surface area contributed by atoms with E-state index in [1.807, 2.05) is 12.1 Å². The molecule has 0 aromatic heterocycles. The Labute approximate surface area is 139 Å². The van der Waals surface area contributed by atoms with Crippen LogP contribution in [-0.2, 0) is 5.41 Å². The van der Waals surface area contributed by atoms with Gasteiger partial charge in [0.05, 0.1) is 18.3 Å². The van der Waals surface area contributed by atoms with Gasteiger partial charge in [0.1, 0.15) is 5.75 Å².